The second-order valence-corrected chi connectivity index (χ2v) is 4.56. The Morgan fingerprint density at radius 2 is 2.13 bits per heavy atom. The van der Waals surface area contributed by atoms with Crippen molar-refractivity contribution in [3.63, 3.8) is 0 Å². The molecule has 0 saturated carbocycles. The molecule has 0 bridgehead atoms. The summed E-state index contributed by atoms with van der Waals surface area (Å²) in [5.74, 6) is 1.83. The van der Waals surface area contributed by atoms with E-state index >= 15 is 0 Å². The van der Waals surface area contributed by atoms with E-state index in [2.05, 4.69) is 29.6 Å². The minimum absolute atomic E-state index is 0.440. The van der Waals surface area contributed by atoms with Crippen LogP contribution in [-0.4, -0.2) is 19.2 Å². The first kappa shape index (κ1) is 9.22. The summed E-state index contributed by atoms with van der Waals surface area (Å²) in [7, 11) is 0. The molecule has 1 saturated heterocycles. The van der Waals surface area contributed by atoms with Crippen molar-refractivity contribution in [1.29, 1.82) is 0 Å². The average molecular weight is 203 g/mol. The maximum absolute atomic E-state index is 6.08. The quantitative estimate of drug-likeness (QED) is 0.753. The van der Waals surface area contributed by atoms with Gasteiger partial charge in [-0.2, -0.15) is 0 Å². The Hall–Kier alpha value is -1.02. The summed E-state index contributed by atoms with van der Waals surface area (Å²) in [6.45, 7) is 2.29. The van der Waals surface area contributed by atoms with E-state index in [0.717, 1.165) is 24.8 Å². The van der Waals surface area contributed by atoms with Crippen LogP contribution in [-0.2, 0) is 6.42 Å². The van der Waals surface area contributed by atoms with Crippen molar-refractivity contribution >= 4 is 0 Å². The van der Waals surface area contributed by atoms with E-state index in [1.165, 1.54) is 24.8 Å². The second kappa shape index (κ2) is 3.86. The highest BCUT2D eigenvalue weighted by atomic mass is 16.5. The number of ether oxygens (including phenoxy) is 1. The predicted octanol–water partition coefficient (Wildman–Crippen LogP) is 1.99. The van der Waals surface area contributed by atoms with Gasteiger partial charge >= 0.3 is 0 Å². The first-order chi connectivity index (χ1) is 7.43. The molecule has 1 N–H and O–H groups in total. The smallest absolute Gasteiger partial charge is 0.122 e. The largest absolute Gasteiger partial charge is 0.490 e. The zero-order valence-electron chi connectivity index (χ0n) is 8.91. The molecular formula is C13H17NO. The van der Waals surface area contributed by atoms with E-state index in [0.29, 0.717) is 6.10 Å². The molecule has 0 radical (unpaired) electrons. The number of rotatable bonds is 1. The van der Waals surface area contributed by atoms with Crippen molar-refractivity contribution in [3.8, 4) is 5.75 Å². The van der Waals surface area contributed by atoms with Crippen LogP contribution in [0.2, 0.25) is 0 Å². The lowest BCUT2D eigenvalue weighted by Crippen LogP contribution is -2.32. The zero-order chi connectivity index (χ0) is 10.1. The summed E-state index contributed by atoms with van der Waals surface area (Å²) >= 11 is 0. The van der Waals surface area contributed by atoms with Crippen molar-refractivity contribution in [2.45, 2.75) is 25.4 Å². The van der Waals surface area contributed by atoms with Gasteiger partial charge in [-0.3, -0.25) is 0 Å². The van der Waals surface area contributed by atoms with Crippen molar-refractivity contribution in [2.24, 2.45) is 5.92 Å². The number of fused-ring (bicyclic) bond motifs is 1. The van der Waals surface area contributed by atoms with Crippen LogP contribution in [0.3, 0.4) is 0 Å². The molecule has 80 valence electrons. The highest BCUT2D eigenvalue weighted by Crippen LogP contribution is 2.31. The van der Waals surface area contributed by atoms with Gasteiger partial charge in [0.05, 0.1) is 0 Å². The summed E-state index contributed by atoms with van der Waals surface area (Å²) in [5.41, 5.74) is 1.37. The van der Waals surface area contributed by atoms with Crippen LogP contribution >= 0.6 is 0 Å². The van der Waals surface area contributed by atoms with Crippen molar-refractivity contribution < 1.29 is 4.74 Å². The minimum atomic E-state index is 0.440. The molecule has 1 fully saturated rings. The molecule has 0 amide bonds. The Bertz CT molecular complexity index is 344. The van der Waals surface area contributed by atoms with E-state index in [4.69, 9.17) is 4.74 Å². The standard InChI is InChI=1S/C13H17NO/c1-2-4-12-10(3-1)5-6-13(15-12)11-7-8-14-9-11/h1-4,11,13-14H,5-9H2. The Labute approximate surface area is 90.6 Å². The number of hydrogen-bond donors (Lipinski definition) is 1. The maximum atomic E-state index is 6.08. The van der Waals surface area contributed by atoms with Gasteiger partial charge in [0.25, 0.3) is 0 Å². The molecular weight excluding hydrogens is 186 g/mol. The fraction of sp³-hybridized carbons (Fsp3) is 0.538. The van der Waals surface area contributed by atoms with Gasteiger partial charge in [-0.15, -0.1) is 0 Å². The van der Waals surface area contributed by atoms with Gasteiger partial charge < -0.3 is 10.1 Å². The molecule has 0 spiro atoms. The van der Waals surface area contributed by atoms with E-state index in [1.807, 2.05) is 0 Å². The molecule has 0 aromatic heterocycles. The van der Waals surface area contributed by atoms with Gasteiger partial charge in [-0.05, 0) is 37.4 Å². The monoisotopic (exact) mass is 203 g/mol. The van der Waals surface area contributed by atoms with Crippen LogP contribution in [0.25, 0.3) is 0 Å². The maximum Gasteiger partial charge on any atom is 0.122 e. The number of benzene rings is 1. The first-order valence-electron chi connectivity index (χ1n) is 5.89. The van der Waals surface area contributed by atoms with E-state index in [9.17, 15) is 0 Å². The van der Waals surface area contributed by atoms with Crippen molar-refractivity contribution in [1.82, 2.24) is 5.32 Å². The third kappa shape index (κ3) is 1.74. The number of para-hydroxylation sites is 1. The molecule has 15 heavy (non-hydrogen) atoms. The summed E-state index contributed by atoms with van der Waals surface area (Å²) in [6.07, 6.45) is 4.07. The van der Waals surface area contributed by atoms with Crippen molar-refractivity contribution in [2.75, 3.05) is 13.1 Å². The second-order valence-electron chi connectivity index (χ2n) is 4.56. The highest BCUT2D eigenvalue weighted by molar-refractivity contribution is 5.35. The molecule has 2 aliphatic rings. The summed E-state index contributed by atoms with van der Waals surface area (Å²) in [6, 6.07) is 8.44. The Morgan fingerprint density at radius 1 is 1.20 bits per heavy atom. The van der Waals surface area contributed by atoms with Crippen LogP contribution in [0.5, 0.6) is 5.75 Å². The molecule has 1 aromatic rings. The molecule has 3 rings (SSSR count). The third-order valence-electron chi connectivity index (χ3n) is 3.57. The molecule has 2 heterocycles. The average Bonchev–Trinajstić information content (AvgIpc) is 2.82. The van der Waals surface area contributed by atoms with Gasteiger partial charge in [0.1, 0.15) is 11.9 Å². The van der Waals surface area contributed by atoms with Crippen LogP contribution in [0.1, 0.15) is 18.4 Å². The third-order valence-corrected chi connectivity index (χ3v) is 3.57. The first-order valence-corrected chi connectivity index (χ1v) is 5.89. The van der Waals surface area contributed by atoms with Gasteiger partial charge in [0.15, 0.2) is 0 Å². The molecule has 2 heteroatoms. The zero-order valence-corrected chi connectivity index (χ0v) is 8.91. The van der Waals surface area contributed by atoms with Crippen LogP contribution in [0, 0.1) is 5.92 Å². The van der Waals surface area contributed by atoms with E-state index in [1.54, 1.807) is 0 Å². The number of aryl methyl sites for hydroxylation is 1. The molecule has 1 aromatic carbocycles. The van der Waals surface area contributed by atoms with Gasteiger partial charge in [0, 0.05) is 12.5 Å². The van der Waals surface area contributed by atoms with Crippen molar-refractivity contribution in [3.05, 3.63) is 29.8 Å². The Kier molecular flexibility index (Phi) is 2.37. The van der Waals surface area contributed by atoms with Crippen LogP contribution in [0.4, 0.5) is 0 Å². The van der Waals surface area contributed by atoms with Crippen LogP contribution < -0.4 is 10.1 Å². The molecule has 2 atom stereocenters. The number of hydrogen-bond acceptors (Lipinski definition) is 2. The topological polar surface area (TPSA) is 21.3 Å². The SMILES string of the molecule is c1ccc2c(c1)CCC(C1CCNC1)O2. The Morgan fingerprint density at radius 3 is 3.00 bits per heavy atom. The van der Waals surface area contributed by atoms with E-state index < -0.39 is 0 Å². The lowest BCUT2D eigenvalue weighted by atomic mass is 9.93. The molecule has 2 nitrogen and oxygen atoms in total. The Balaban J connectivity index is 1.76. The predicted molar refractivity (Wildman–Crippen MR) is 60.2 cm³/mol. The molecule has 0 aliphatic carbocycles. The fourth-order valence-corrected chi connectivity index (χ4v) is 2.67. The van der Waals surface area contributed by atoms with Gasteiger partial charge in [-0.1, -0.05) is 18.2 Å². The summed E-state index contributed by atoms with van der Waals surface area (Å²) in [5, 5.41) is 3.41. The highest BCUT2D eigenvalue weighted by Gasteiger charge is 2.29. The van der Waals surface area contributed by atoms with Gasteiger partial charge in [-0.25, -0.2) is 0 Å². The normalized spacial score (nSPS) is 29.6. The summed E-state index contributed by atoms with van der Waals surface area (Å²) in [4.78, 5) is 0. The lowest BCUT2D eigenvalue weighted by molar-refractivity contribution is 0.119. The molecule has 2 unspecified atom stereocenters. The molecule has 2 aliphatic heterocycles. The van der Waals surface area contributed by atoms with Gasteiger partial charge in [0.2, 0.25) is 0 Å². The summed E-state index contributed by atoms with van der Waals surface area (Å²) < 4.78 is 6.08. The van der Waals surface area contributed by atoms with E-state index in [-0.39, 0.29) is 0 Å². The lowest BCUT2D eigenvalue weighted by Gasteiger charge is -2.29. The fourth-order valence-electron chi connectivity index (χ4n) is 2.67. The number of nitrogens with one attached hydrogen (secondary N) is 1. The minimum Gasteiger partial charge on any atom is -0.490 e. The van der Waals surface area contributed by atoms with Crippen LogP contribution in [0.15, 0.2) is 24.3 Å².